The number of carbonyl (C=O) groups excluding carboxylic acids is 1. The maximum Gasteiger partial charge on any atom is 0.326 e. The molecule has 7 heteroatoms. The molecular weight excluding hydrogens is 236 g/mol. The standard InChI is InChI=1S/C11H20N4O3/c1-3-13-8-15(2)7-5-9(11(17)18)14-10(16)4-6-12/h3,8-9H,1,4-7,12H2,2H3,(H,14,16)(H,17,18)/b13-8-/t9-/m0/s1. The second kappa shape index (κ2) is 9.17. The molecule has 0 aromatic rings. The Labute approximate surface area is 106 Å². The fraction of sp³-hybridized carbons (Fsp3) is 0.545. The van der Waals surface area contributed by atoms with Gasteiger partial charge in [0.15, 0.2) is 0 Å². The van der Waals surface area contributed by atoms with Crippen LogP contribution in [0, 0.1) is 0 Å². The molecule has 0 aromatic heterocycles. The SMILES string of the molecule is C=C/N=C\N(C)CC[C@H](NC(=O)CCN)C(=O)O. The van der Waals surface area contributed by atoms with Gasteiger partial charge in [-0.1, -0.05) is 6.58 Å². The summed E-state index contributed by atoms with van der Waals surface area (Å²) in [4.78, 5) is 27.7. The summed E-state index contributed by atoms with van der Waals surface area (Å²) in [5, 5.41) is 11.4. The number of nitrogens with two attached hydrogens (primary N) is 1. The highest BCUT2D eigenvalue weighted by Crippen LogP contribution is 1.95. The number of rotatable bonds is 9. The van der Waals surface area contributed by atoms with Crippen LogP contribution in [-0.2, 0) is 9.59 Å². The van der Waals surface area contributed by atoms with Crippen LogP contribution in [0.15, 0.2) is 17.8 Å². The number of carboxylic acids is 1. The van der Waals surface area contributed by atoms with Crippen molar-refractivity contribution in [2.45, 2.75) is 18.9 Å². The van der Waals surface area contributed by atoms with E-state index in [0.29, 0.717) is 6.54 Å². The molecule has 0 aliphatic carbocycles. The summed E-state index contributed by atoms with van der Waals surface area (Å²) >= 11 is 0. The van der Waals surface area contributed by atoms with Crippen LogP contribution in [-0.4, -0.2) is 54.4 Å². The van der Waals surface area contributed by atoms with Crippen molar-refractivity contribution in [3.63, 3.8) is 0 Å². The monoisotopic (exact) mass is 256 g/mol. The Kier molecular flexibility index (Phi) is 8.21. The van der Waals surface area contributed by atoms with E-state index in [1.54, 1.807) is 11.9 Å². The molecule has 0 rings (SSSR count). The zero-order valence-electron chi connectivity index (χ0n) is 10.5. The zero-order valence-corrected chi connectivity index (χ0v) is 10.5. The molecule has 0 saturated carbocycles. The molecule has 18 heavy (non-hydrogen) atoms. The topological polar surface area (TPSA) is 108 Å². The highest BCUT2D eigenvalue weighted by Gasteiger charge is 2.19. The molecule has 102 valence electrons. The third-order valence-electron chi connectivity index (χ3n) is 2.14. The van der Waals surface area contributed by atoms with Gasteiger partial charge in [-0.15, -0.1) is 0 Å². The average Bonchev–Trinajstić information content (AvgIpc) is 2.31. The first-order valence-electron chi connectivity index (χ1n) is 5.58. The summed E-state index contributed by atoms with van der Waals surface area (Å²) in [6.07, 6.45) is 3.32. The third kappa shape index (κ3) is 7.39. The van der Waals surface area contributed by atoms with Crippen LogP contribution in [0.4, 0.5) is 0 Å². The van der Waals surface area contributed by atoms with Crippen LogP contribution in [0.1, 0.15) is 12.8 Å². The highest BCUT2D eigenvalue weighted by atomic mass is 16.4. The minimum absolute atomic E-state index is 0.123. The quantitative estimate of drug-likeness (QED) is 0.377. The zero-order chi connectivity index (χ0) is 14.0. The predicted molar refractivity (Wildman–Crippen MR) is 69.2 cm³/mol. The van der Waals surface area contributed by atoms with Crippen molar-refractivity contribution in [1.82, 2.24) is 10.2 Å². The first kappa shape index (κ1) is 16.1. The van der Waals surface area contributed by atoms with Crippen LogP contribution in [0.3, 0.4) is 0 Å². The summed E-state index contributed by atoms with van der Waals surface area (Å²) in [7, 11) is 1.76. The van der Waals surface area contributed by atoms with Crippen molar-refractivity contribution in [1.29, 1.82) is 0 Å². The first-order chi connectivity index (χ1) is 8.51. The van der Waals surface area contributed by atoms with Gasteiger partial charge in [-0.25, -0.2) is 9.79 Å². The van der Waals surface area contributed by atoms with Crippen molar-refractivity contribution < 1.29 is 14.7 Å². The molecule has 0 aliphatic rings. The van der Waals surface area contributed by atoms with Gasteiger partial charge in [-0.05, 0) is 6.42 Å². The number of nitrogens with zero attached hydrogens (tertiary/aromatic N) is 2. The van der Waals surface area contributed by atoms with Gasteiger partial charge in [0.25, 0.3) is 0 Å². The van der Waals surface area contributed by atoms with Gasteiger partial charge in [-0.3, -0.25) is 4.79 Å². The minimum atomic E-state index is -1.06. The molecule has 1 atom stereocenters. The molecule has 7 nitrogen and oxygen atoms in total. The molecule has 1 amide bonds. The van der Waals surface area contributed by atoms with Gasteiger partial charge in [-0.2, -0.15) is 0 Å². The van der Waals surface area contributed by atoms with Crippen LogP contribution < -0.4 is 11.1 Å². The van der Waals surface area contributed by atoms with E-state index in [1.807, 2.05) is 0 Å². The lowest BCUT2D eigenvalue weighted by atomic mass is 10.2. The van der Waals surface area contributed by atoms with Crippen molar-refractivity contribution in [3.05, 3.63) is 12.8 Å². The molecule has 0 aromatic carbocycles. The molecule has 4 N–H and O–H groups in total. The Morgan fingerprint density at radius 2 is 2.28 bits per heavy atom. The number of nitrogens with one attached hydrogen (secondary N) is 1. The Morgan fingerprint density at radius 1 is 1.61 bits per heavy atom. The molecule has 0 bridgehead atoms. The van der Waals surface area contributed by atoms with Crippen LogP contribution in [0.5, 0.6) is 0 Å². The lowest BCUT2D eigenvalue weighted by molar-refractivity contribution is -0.142. The van der Waals surface area contributed by atoms with E-state index >= 15 is 0 Å². The summed E-state index contributed by atoms with van der Waals surface area (Å²) in [5.41, 5.74) is 5.22. The number of aliphatic carboxylic acids is 1. The van der Waals surface area contributed by atoms with E-state index in [1.165, 1.54) is 12.5 Å². The Balaban J connectivity index is 4.20. The fourth-order valence-electron chi connectivity index (χ4n) is 1.21. The van der Waals surface area contributed by atoms with E-state index < -0.39 is 12.0 Å². The summed E-state index contributed by atoms with van der Waals surface area (Å²) in [5.74, 6) is -1.42. The third-order valence-corrected chi connectivity index (χ3v) is 2.14. The van der Waals surface area contributed by atoms with E-state index in [2.05, 4.69) is 16.9 Å². The van der Waals surface area contributed by atoms with Gasteiger partial charge < -0.3 is 21.1 Å². The molecule has 0 saturated heterocycles. The number of hydrogen-bond acceptors (Lipinski definition) is 4. The Morgan fingerprint density at radius 3 is 2.78 bits per heavy atom. The van der Waals surface area contributed by atoms with Crippen molar-refractivity contribution >= 4 is 18.2 Å². The lowest BCUT2D eigenvalue weighted by Gasteiger charge is -2.18. The number of amides is 1. The lowest BCUT2D eigenvalue weighted by Crippen LogP contribution is -2.43. The van der Waals surface area contributed by atoms with Gasteiger partial charge >= 0.3 is 5.97 Å². The second-order valence-electron chi connectivity index (χ2n) is 3.71. The molecule has 0 spiro atoms. The molecule has 0 radical (unpaired) electrons. The Hall–Kier alpha value is -1.89. The molecule has 0 heterocycles. The maximum atomic E-state index is 11.3. The smallest absolute Gasteiger partial charge is 0.326 e. The maximum absolute atomic E-state index is 11.3. The van der Waals surface area contributed by atoms with E-state index in [0.717, 1.165) is 0 Å². The number of hydrogen-bond donors (Lipinski definition) is 3. The summed E-state index contributed by atoms with van der Waals surface area (Å²) in [6, 6.07) is -0.913. The fourth-order valence-corrected chi connectivity index (χ4v) is 1.21. The van der Waals surface area contributed by atoms with Crippen molar-refractivity contribution in [3.8, 4) is 0 Å². The number of aliphatic imine (C=N–C) groups is 1. The van der Waals surface area contributed by atoms with Crippen molar-refractivity contribution in [2.24, 2.45) is 10.7 Å². The van der Waals surface area contributed by atoms with Gasteiger partial charge in [0.05, 0.1) is 6.34 Å². The van der Waals surface area contributed by atoms with E-state index in [9.17, 15) is 9.59 Å². The average molecular weight is 256 g/mol. The first-order valence-corrected chi connectivity index (χ1v) is 5.58. The summed E-state index contributed by atoms with van der Waals surface area (Å²) < 4.78 is 0. The van der Waals surface area contributed by atoms with Crippen LogP contribution >= 0.6 is 0 Å². The number of carbonyl (C=O) groups is 2. The van der Waals surface area contributed by atoms with E-state index in [-0.39, 0.29) is 25.3 Å². The Bertz CT molecular complexity index is 317. The number of carboxylic acid groups (broad SMARTS) is 1. The highest BCUT2D eigenvalue weighted by molar-refractivity contribution is 5.83. The van der Waals surface area contributed by atoms with Crippen LogP contribution in [0.2, 0.25) is 0 Å². The molecule has 0 fully saturated rings. The second-order valence-corrected chi connectivity index (χ2v) is 3.71. The normalized spacial score (nSPS) is 12.1. The van der Waals surface area contributed by atoms with Gasteiger partial charge in [0, 0.05) is 32.8 Å². The minimum Gasteiger partial charge on any atom is -0.480 e. The molecule has 0 aliphatic heterocycles. The largest absolute Gasteiger partial charge is 0.480 e. The molecule has 0 unspecified atom stereocenters. The van der Waals surface area contributed by atoms with Gasteiger partial charge in [0.1, 0.15) is 6.04 Å². The summed E-state index contributed by atoms with van der Waals surface area (Å²) in [6.45, 7) is 4.08. The molecular formula is C11H20N4O3. The van der Waals surface area contributed by atoms with Crippen molar-refractivity contribution in [2.75, 3.05) is 20.1 Å². The van der Waals surface area contributed by atoms with E-state index in [4.69, 9.17) is 10.8 Å². The van der Waals surface area contributed by atoms with Gasteiger partial charge in [0.2, 0.25) is 5.91 Å². The van der Waals surface area contributed by atoms with Crippen LogP contribution in [0.25, 0.3) is 0 Å². The predicted octanol–water partition coefficient (Wildman–Crippen LogP) is -0.602.